The highest BCUT2D eigenvalue weighted by atomic mass is 16.4. The van der Waals surface area contributed by atoms with E-state index in [4.69, 9.17) is 10.2 Å². The van der Waals surface area contributed by atoms with Gasteiger partial charge in [-0.1, -0.05) is 42.0 Å². The summed E-state index contributed by atoms with van der Waals surface area (Å²) in [6.45, 7) is 5.57. The first kappa shape index (κ1) is 19.4. The number of rotatable bonds is 4. The fraction of sp³-hybridized carbons (Fsp3) is 0.333. The molecular formula is C24H27N3O2. The van der Waals surface area contributed by atoms with Crippen LogP contribution in [0.2, 0.25) is 0 Å². The number of likely N-dealkylation sites (tertiary alicyclic amines) is 1. The molecule has 1 fully saturated rings. The molecule has 1 atom stereocenters. The quantitative estimate of drug-likeness (QED) is 0.712. The number of hydrogen-bond acceptors (Lipinski definition) is 4. The number of carbonyl (C=O) groups excluding carboxylic acids is 1. The number of hydrogen-bond donors (Lipinski definition) is 1. The maximum absolute atomic E-state index is 13.2. The Kier molecular flexibility index (Phi) is 5.49. The number of amides is 1. The highest BCUT2D eigenvalue weighted by Gasteiger charge is 2.27. The van der Waals surface area contributed by atoms with Crippen LogP contribution in [0.15, 0.2) is 59.1 Å². The fourth-order valence-electron chi connectivity index (χ4n) is 3.90. The van der Waals surface area contributed by atoms with Crippen LogP contribution in [0.5, 0.6) is 0 Å². The molecule has 150 valence electrons. The molecule has 1 saturated heterocycles. The minimum absolute atomic E-state index is 0.0267. The van der Waals surface area contributed by atoms with Crippen molar-refractivity contribution in [2.24, 2.45) is 11.7 Å². The average Bonchev–Trinajstić information content (AvgIpc) is 3.24. The smallest absolute Gasteiger partial charge is 0.254 e. The van der Waals surface area contributed by atoms with E-state index in [2.05, 4.69) is 11.9 Å². The van der Waals surface area contributed by atoms with Gasteiger partial charge >= 0.3 is 0 Å². The van der Waals surface area contributed by atoms with Crippen LogP contribution in [0.4, 0.5) is 0 Å². The molecule has 1 aliphatic heterocycles. The fourth-order valence-corrected chi connectivity index (χ4v) is 3.90. The second-order valence-electron chi connectivity index (χ2n) is 7.93. The van der Waals surface area contributed by atoms with Crippen LogP contribution in [0.25, 0.3) is 22.8 Å². The lowest BCUT2D eigenvalue weighted by Gasteiger charge is -2.34. The Morgan fingerprint density at radius 3 is 2.52 bits per heavy atom. The molecule has 0 radical (unpaired) electrons. The van der Waals surface area contributed by atoms with Gasteiger partial charge in [-0.2, -0.15) is 0 Å². The highest BCUT2D eigenvalue weighted by molar-refractivity contribution is 6.00. The average molecular weight is 389 g/mol. The number of benzene rings is 2. The van der Waals surface area contributed by atoms with Gasteiger partial charge in [-0.05, 0) is 44.7 Å². The summed E-state index contributed by atoms with van der Waals surface area (Å²) in [7, 11) is 0. The lowest BCUT2D eigenvalue weighted by atomic mass is 9.90. The number of oxazole rings is 1. The largest absolute Gasteiger partial charge is 0.436 e. The molecule has 3 aromatic rings. The van der Waals surface area contributed by atoms with Crippen LogP contribution in [0.3, 0.4) is 0 Å². The molecule has 2 heterocycles. The molecular weight excluding hydrogens is 362 g/mol. The lowest BCUT2D eigenvalue weighted by molar-refractivity contribution is 0.0681. The van der Waals surface area contributed by atoms with Crippen LogP contribution >= 0.6 is 0 Å². The summed E-state index contributed by atoms with van der Waals surface area (Å²) >= 11 is 0. The van der Waals surface area contributed by atoms with E-state index >= 15 is 0 Å². The predicted octanol–water partition coefficient (Wildman–Crippen LogP) is 4.52. The topological polar surface area (TPSA) is 72.4 Å². The van der Waals surface area contributed by atoms with Crippen LogP contribution in [-0.4, -0.2) is 34.9 Å². The molecule has 4 rings (SSSR count). The van der Waals surface area contributed by atoms with Crippen molar-refractivity contribution >= 4 is 5.91 Å². The minimum Gasteiger partial charge on any atom is -0.436 e. The van der Waals surface area contributed by atoms with E-state index in [1.165, 1.54) is 5.56 Å². The molecule has 1 amide bonds. The second-order valence-corrected chi connectivity index (χ2v) is 7.93. The lowest BCUT2D eigenvalue weighted by Crippen LogP contribution is -2.42. The zero-order valence-corrected chi connectivity index (χ0v) is 17.0. The molecule has 5 heteroatoms. The molecule has 5 nitrogen and oxygen atoms in total. The van der Waals surface area contributed by atoms with Gasteiger partial charge < -0.3 is 15.1 Å². The Balaban J connectivity index is 1.58. The maximum Gasteiger partial charge on any atom is 0.254 e. The Labute approximate surface area is 171 Å². The molecule has 1 aliphatic rings. The summed E-state index contributed by atoms with van der Waals surface area (Å²) in [5.74, 6) is 1.67. The molecule has 0 spiro atoms. The van der Waals surface area contributed by atoms with Gasteiger partial charge in [0.05, 0.1) is 11.8 Å². The van der Waals surface area contributed by atoms with Gasteiger partial charge in [0.15, 0.2) is 5.76 Å². The SMILES string of the molecule is Cc1ccc(-c2cnc(-c3ccccc3C(=O)N3CCC(C(C)N)CC3)o2)cc1. The van der Waals surface area contributed by atoms with E-state index in [9.17, 15) is 4.79 Å². The highest BCUT2D eigenvalue weighted by Crippen LogP contribution is 2.30. The second kappa shape index (κ2) is 8.21. The number of nitrogens with two attached hydrogens (primary N) is 1. The van der Waals surface area contributed by atoms with Crippen LogP contribution in [-0.2, 0) is 0 Å². The standard InChI is InChI=1S/C24H27N3O2/c1-16-7-9-19(10-8-16)22-15-26-23(29-22)20-5-3-4-6-21(20)24(28)27-13-11-18(12-14-27)17(2)25/h3-10,15,17-18H,11-14,25H2,1-2H3. The first-order valence-corrected chi connectivity index (χ1v) is 10.2. The molecule has 2 aromatic carbocycles. The normalized spacial score (nSPS) is 16.0. The summed E-state index contributed by atoms with van der Waals surface area (Å²) in [6, 6.07) is 15.8. The van der Waals surface area contributed by atoms with Gasteiger partial charge in [0.2, 0.25) is 5.89 Å². The van der Waals surface area contributed by atoms with Crippen LogP contribution in [0, 0.1) is 12.8 Å². The number of aryl methyl sites for hydroxylation is 1. The minimum atomic E-state index is 0.0267. The molecule has 1 unspecified atom stereocenters. The molecule has 29 heavy (non-hydrogen) atoms. The Morgan fingerprint density at radius 1 is 1.14 bits per heavy atom. The summed E-state index contributed by atoms with van der Waals surface area (Å²) in [5.41, 5.74) is 9.55. The molecule has 0 bridgehead atoms. The summed E-state index contributed by atoms with van der Waals surface area (Å²) in [6.07, 6.45) is 3.61. The number of carbonyl (C=O) groups is 1. The van der Waals surface area contributed by atoms with Gasteiger partial charge in [-0.15, -0.1) is 0 Å². The van der Waals surface area contributed by atoms with E-state index in [0.29, 0.717) is 23.1 Å². The third-order valence-electron chi connectivity index (χ3n) is 5.80. The van der Waals surface area contributed by atoms with Crippen LogP contribution in [0.1, 0.15) is 35.7 Å². The van der Waals surface area contributed by atoms with E-state index in [1.54, 1.807) is 6.20 Å². The van der Waals surface area contributed by atoms with E-state index in [1.807, 2.05) is 60.4 Å². The third kappa shape index (κ3) is 4.10. The van der Waals surface area contributed by atoms with Crippen molar-refractivity contribution < 1.29 is 9.21 Å². The predicted molar refractivity (Wildman–Crippen MR) is 114 cm³/mol. The van der Waals surface area contributed by atoms with Crippen LogP contribution < -0.4 is 5.73 Å². The van der Waals surface area contributed by atoms with Gasteiger partial charge in [0.25, 0.3) is 5.91 Å². The van der Waals surface area contributed by atoms with Crippen molar-refractivity contribution in [1.82, 2.24) is 9.88 Å². The van der Waals surface area contributed by atoms with E-state index < -0.39 is 0 Å². The van der Waals surface area contributed by atoms with Gasteiger partial charge in [-0.3, -0.25) is 4.79 Å². The zero-order chi connectivity index (χ0) is 20.4. The summed E-state index contributed by atoms with van der Waals surface area (Å²) in [5, 5.41) is 0. The van der Waals surface area contributed by atoms with Crippen molar-refractivity contribution in [3.63, 3.8) is 0 Å². The molecule has 0 aliphatic carbocycles. The summed E-state index contributed by atoms with van der Waals surface area (Å²) < 4.78 is 6.02. The zero-order valence-electron chi connectivity index (χ0n) is 17.0. The Hall–Kier alpha value is -2.92. The molecule has 0 saturated carbocycles. The van der Waals surface area contributed by atoms with E-state index in [0.717, 1.165) is 37.1 Å². The first-order valence-electron chi connectivity index (χ1n) is 10.2. The number of nitrogens with zero attached hydrogens (tertiary/aromatic N) is 2. The van der Waals surface area contributed by atoms with Gasteiger partial charge in [-0.25, -0.2) is 4.98 Å². The van der Waals surface area contributed by atoms with Crippen molar-refractivity contribution in [3.8, 4) is 22.8 Å². The molecule has 2 N–H and O–H groups in total. The van der Waals surface area contributed by atoms with Crippen molar-refractivity contribution in [2.45, 2.75) is 32.7 Å². The van der Waals surface area contributed by atoms with Gasteiger partial charge in [0, 0.05) is 30.3 Å². The van der Waals surface area contributed by atoms with Crippen molar-refractivity contribution in [3.05, 3.63) is 65.9 Å². The van der Waals surface area contributed by atoms with Crippen molar-refractivity contribution in [1.29, 1.82) is 0 Å². The van der Waals surface area contributed by atoms with Crippen molar-refractivity contribution in [2.75, 3.05) is 13.1 Å². The maximum atomic E-state index is 13.2. The first-order chi connectivity index (χ1) is 14.0. The van der Waals surface area contributed by atoms with E-state index in [-0.39, 0.29) is 11.9 Å². The Bertz CT molecular complexity index is 983. The third-order valence-corrected chi connectivity index (χ3v) is 5.80. The Morgan fingerprint density at radius 2 is 1.83 bits per heavy atom. The number of aromatic nitrogens is 1. The summed E-state index contributed by atoms with van der Waals surface area (Å²) in [4.78, 5) is 19.6. The number of piperidine rings is 1. The molecule has 1 aromatic heterocycles. The monoisotopic (exact) mass is 389 g/mol. The van der Waals surface area contributed by atoms with Gasteiger partial charge in [0.1, 0.15) is 0 Å².